The number of nitrogens with zero attached hydrogens (tertiary/aromatic N) is 1. The average molecular weight is 103 g/mol. The minimum atomic E-state index is -0.370. The van der Waals surface area contributed by atoms with Gasteiger partial charge in [0, 0.05) is 6.54 Å². The summed E-state index contributed by atoms with van der Waals surface area (Å²) in [5.74, 6) is 0. The number of aliphatic hydroxyl groups is 2. The standard InChI is InChI=1S/C4H9NO2/c6-3-5-2-1-4(5)7/h4,6-7H,1-3H2. The fourth-order valence-corrected chi connectivity index (χ4v) is 0.592. The Bertz CT molecular complexity index is 64.7. The summed E-state index contributed by atoms with van der Waals surface area (Å²) in [4.78, 5) is 1.58. The molecule has 0 spiro atoms. The maximum absolute atomic E-state index is 8.67. The van der Waals surface area contributed by atoms with Gasteiger partial charge in [0.1, 0.15) is 6.23 Å². The molecule has 0 aromatic rings. The van der Waals surface area contributed by atoms with Crippen molar-refractivity contribution in [3.63, 3.8) is 0 Å². The molecule has 1 aliphatic heterocycles. The second-order valence-corrected chi connectivity index (χ2v) is 1.72. The van der Waals surface area contributed by atoms with Gasteiger partial charge in [-0.05, 0) is 6.42 Å². The normalized spacial score (nSPS) is 32.6. The summed E-state index contributed by atoms with van der Waals surface area (Å²) < 4.78 is 0. The first-order chi connectivity index (χ1) is 3.34. The van der Waals surface area contributed by atoms with Crippen molar-refractivity contribution in [2.45, 2.75) is 12.6 Å². The molecule has 0 aliphatic carbocycles. The van der Waals surface area contributed by atoms with Crippen LogP contribution < -0.4 is 0 Å². The van der Waals surface area contributed by atoms with Crippen LogP contribution in [-0.4, -0.2) is 34.6 Å². The van der Waals surface area contributed by atoms with E-state index in [1.807, 2.05) is 0 Å². The zero-order valence-corrected chi connectivity index (χ0v) is 4.04. The van der Waals surface area contributed by atoms with Gasteiger partial charge in [0.05, 0.1) is 6.73 Å². The highest BCUT2D eigenvalue weighted by atomic mass is 16.3. The SMILES string of the molecule is OCN1CCC1O. The third-order valence-electron chi connectivity index (χ3n) is 1.28. The Morgan fingerprint density at radius 3 is 2.43 bits per heavy atom. The number of rotatable bonds is 1. The Balaban J connectivity index is 2.16. The molecular formula is C4H9NO2. The van der Waals surface area contributed by atoms with Crippen molar-refractivity contribution in [2.75, 3.05) is 13.3 Å². The van der Waals surface area contributed by atoms with Crippen molar-refractivity contribution in [1.29, 1.82) is 0 Å². The van der Waals surface area contributed by atoms with E-state index in [0.29, 0.717) is 0 Å². The maximum atomic E-state index is 8.67. The largest absolute Gasteiger partial charge is 0.381 e. The summed E-state index contributed by atoms with van der Waals surface area (Å²) >= 11 is 0. The Hall–Kier alpha value is -0.120. The monoisotopic (exact) mass is 103 g/mol. The van der Waals surface area contributed by atoms with Crippen LogP contribution in [0.25, 0.3) is 0 Å². The second-order valence-electron chi connectivity index (χ2n) is 1.72. The van der Waals surface area contributed by atoms with Crippen LogP contribution in [0, 0.1) is 0 Å². The molecule has 1 aliphatic rings. The predicted molar refractivity (Wildman–Crippen MR) is 24.4 cm³/mol. The van der Waals surface area contributed by atoms with Gasteiger partial charge in [-0.1, -0.05) is 0 Å². The average Bonchev–Trinajstić information content (AvgIpc) is 1.65. The molecular weight excluding hydrogens is 94.0 g/mol. The van der Waals surface area contributed by atoms with Gasteiger partial charge in [0.2, 0.25) is 0 Å². The van der Waals surface area contributed by atoms with Gasteiger partial charge in [0.15, 0.2) is 0 Å². The first-order valence-corrected chi connectivity index (χ1v) is 2.37. The Labute approximate surface area is 42.2 Å². The minimum absolute atomic E-state index is 0.0127. The molecule has 0 bridgehead atoms. The van der Waals surface area contributed by atoms with Crippen molar-refractivity contribution < 1.29 is 10.2 Å². The molecule has 0 aromatic carbocycles. The van der Waals surface area contributed by atoms with Crippen LogP contribution in [-0.2, 0) is 0 Å². The molecule has 1 rings (SSSR count). The summed E-state index contributed by atoms with van der Waals surface area (Å²) in [6.45, 7) is 0.818. The van der Waals surface area contributed by atoms with Gasteiger partial charge < -0.3 is 10.2 Å². The molecule has 0 aromatic heterocycles. The predicted octanol–water partition coefficient (Wildman–Crippen LogP) is -1.04. The number of hydrogen-bond donors (Lipinski definition) is 2. The minimum Gasteiger partial charge on any atom is -0.381 e. The first kappa shape index (κ1) is 5.03. The molecule has 0 amide bonds. The molecule has 1 unspecified atom stereocenters. The van der Waals surface area contributed by atoms with Gasteiger partial charge in [-0.25, -0.2) is 0 Å². The van der Waals surface area contributed by atoms with E-state index in [2.05, 4.69) is 0 Å². The Morgan fingerprint density at radius 2 is 2.43 bits per heavy atom. The molecule has 1 saturated heterocycles. The molecule has 2 N–H and O–H groups in total. The number of aliphatic hydroxyl groups excluding tert-OH is 2. The Morgan fingerprint density at radius 1 is 1.71 bits per heavy atom. The second kappa shape index (κ2) is 1.78. The fourth-order valence-electron chi connectivity index (χ4n) is 0.592. The van der Waals surface area contributed by atoms with E-state index in [0.717, 1.165) is 13.0 Å². The molecule has 7 heavy (non-hydrogen) atoms. The van der Waals surface area contributed by atoms with Crippen molar-refractivity contribution in [1.82, 2.24) is 4.90 Å². The topological polar surface area (TPSA) is 43.7 Å². The summed E-state index contributed by atoms with van der Waals surface area (Å²) in [5.41, 5.74) is 0. The van der Waals surface area contributed by atoms with Crippen molar-refractivity contribution >= 4 is 0 Å². The van der Waals surface area contributed by atoms with Crippen molar-refractivity contribution in [3.05, 3.63) is 0 Å². The molecule has 1 atom stereocenters. The van der Waals surface area contributed by atoms with Crippen LogP contribution in [0.1, 0.15) is 6.42 Å². The van der Waals surface area contributed by atoms with E-state index in [9.17, 15) is 0 Å². The molecule has 0 radical (unpaired) electrons. The van der Waals surface area contributed by atoms with Crippen molar-refractivity contribution in [3.8, 4) is 0 Å². The van der Waals surface area contributed by atoms with Crippen LogP contribution >= 0.6 is 0 Å². The highest BCUT2D eigenvalue weighted by Crippen LogP contribution is 2.11. The highest BCUT2D eigenvalue weighted by Gasteiger charge is 2.23. The maximum Gasteiger partial charge on any atom is 0.110 e. The molecule has 1 heterocycles. The zero-order chi connectivity index (χ0) is 5.28. The fraction of sp³-hybridized carbons (Fsp3) is 1.00. The quantitative estimate of drug-likeness (QED) is 0.445. The summed E-state index contributed by atoms with van der Waals surface area (Å²) in [6, 6.07) is 0. The van der Waals surface area contributed by atoms with E-state index < -0.39 is 0 Å². The smallest absolute Gasteiger partial charge is 0.110 e. The van der Waals surface area contributed by atoms with Crippen LogP contribution in [0.4, 0.5) is 0 Å². The van der Waals surface area contributed by atoms with Crippen LogP contribution in [0.3, 0.4) is 0 Å². The number of hydrogen-bond acceptors (Lipinski definition) is 3. The summed E-state index contributed by atoms with van der Waals surface area (Å²) in [7, 11) is 0. The van der Waals surface area contributed by atoms with E-state index in [1.165, 1.54) is 0 Å². The molecule has 3 heteroatoms. The van der Waals surface area contributed by atoms with E-state index in [1.54, 1.807) is 4.90 Å². The van der Waals surface area contributed by atoms with E-state index in [-0.39, 0.29) is 13.0 Å². The first-order valence-electron chi connectivity index (χ1n) is 2.37. The van der Waals surface area contributed by atoms with Gasteiger partial charge >= 0.3 is 0 Å². The lowest BCUT2D eigenvalue weighted by Crippen LogP contribution is -2.47. The van der Waals surface area contributed by atoms with Crippen LogP contribution in [0.5, 0.6) is 0 Å². The zero-order valence-electron chi connectivity index (χ0n) is 4.04. The van der Waals surface area contributed by atoms with Crippen LogP contribution in [0.2, 0.25) is 0 Å². The molecule has 1 fully saturated rings. The van der Waals surface area contributed by atoms with Gasteiger partial charge in [-0.3, -0.25) is 4.90 Å². The molecule has 3 nitrogen and oxygen atoms in total. The van der Waals surface area contributed by atoms with Gasteiger partial charge in [-0.2, -0.15) is 0 Å². The lowest BCUT2D eigenvalue weighted by Gasteiger charge is -2.34. The van der Waals surface area contributed by atoms with Gasteiger partial charge in [0.25, 0.3) is 0 Å². The third kappa shape index (κ3) is 0.748. The molecule has 0 saturated carbocycles. The van der Waals surface area contributed by atoms with Gasteiger partial charge in [-0.15, -0.1) is 0 Å². The van der Waals surface area contributed by atoms with E-state index >= 15 is 0 Å². The highest BCUT2D eigenvalue weighted by molar-refractivity contribution is 4.69. The van der Waals surface area contributed by atoms with E-state index in [4.69, 9.17) is 10.2 Å². The lowest BCUT2D eigenvalue weighted by molar-refractivity contribution is -0.113. The van der Waals surface area contributed by atoms with Crippen LogP contribution in [0.15, 0.2) is 0 Å². The Kier molecular flexibility index (Phi) is 1.27. The molecule has 42 valence electrons. The summed E-state index contributed by atoms with van der Waals surface area (Å²) in [5, 5.41) is 17.0. The third-order valence-corrected chi connectivity index (χ3v) is 1.28. The number of likely N-dealkylation sites (tertiary alicyclic amines) is 1. The lowest BCUT2D eigenvalue weighted by atomic mass is 10.2. The van der Waals surface area contributed by atoms with Crippen molar-refractivity contribution in [2.24, 2.45) is 0 Å². The summed E-state index contributed by atoms with van der Waals surface area (Å²) in [6.07, 6.45) is 0.436.